The highest BCUT2D eigenvalue weighted by Crippen LogP contribution is 2.37. The molecule has 26 heavy (non-hydrogen) atoms. The maximum absolute atomic E-state index is 14.7. The zero-order chi connectivity index (χ0) is 18.8. The fourth-order valence-electron chi connectivity index (χ4n) is 2.82. The number of nitrogens with zero attached hydrogens (tertiary/aromatic N) is 2. The molecule has 0 unspecified atom stereocenters. The molecular formula is C19H20F2N2O3. The van der Waals surface area contributed by atoms with Crippen LogP contribution >= 0.6 is 0 Å². The number of aryl methyl sites for hydroxylation is 3. The summed E-state index contributed by atoms with van der Waals surface area (Å²) in [6.45, 7) is 6.96. The summed E-state index contributed by atoms with van der Waals surface area (Å²) in [4.78, 5) is 0. The van der Waals surface area contributed by atoms with Crippen molar-refractivity contribution in [1.29, 1.82) is 0 Å². The molecule has 0 fully saturated rings. The number of hydrogen-bond donors (Lipinski definition) is 0. The smallest absolute Gasteiger partial charge is 0.173 e. The number of rotatable bonds is 6. The molecule has 0 N–H and O–H groups in total. The van der Waals surface area contributed by atoms with Crippen LogP contribution in [0.3, 0.4) is 0 Å². The molecule has 0 spiro atoms. The highest BCUT2D eigenvalue weighted by Gasteiger charge is 2.24. The standard InChI is InChI=1S/C19H20F2N2O3/c1-10-8-14(25-22-10)6-5-7-24-19-12(3)17(20)16(18(21)13(19)4)15-9-11(2)23-26-15/h8-9H,5-7H2,1-4H3. The molecule has 7 heteroatoms. The Morgan fingerprint density at radius 1 is 0.923 bits per heavy atom. The summed E-state index contributed by atoms with van der Waals surface area (Å²) in [7, 11) is 0. The number of benzene rings is 1. The van der Waals surface area contributed by atoms with Crippen molar-refractivity contribution in [3.05, 3.63) is 52.0 Å². The van der Waals surface area contributed by atoms with E-state index in [4.69, 9.17) is 13.8 Å². The van der Waals surface area contributed by atoms with E-state index in [1.807, 2.05) is 13.0 Å². The van der Waals surface area contributed by atoms with Gasteiger partial charge < -0.3 is 13.8 Å². The third-order valence-electron chi connectivity index (χ3n) is 4.14. The molecule has 0 saturated heterocycles. The highest BCUT2D eigenvalue weighted by atomic mass is 19.1. The van der Waals surface area contributed by atoms with Gasteiger partial charge in [-0.1, -0.05) is 10.3 Å². The van der Waals surface area contributed by atoms with Crippen molar-refractivity contribution in [2.45, 2.75) is 40.5 Å². The Kier molecular flexibility index (Phi) is 5.06. The lowest BCUT2D eigenvalue weighted by atomic mass is 10.0. The molecule has 0 aliphatic carbocycles. The van der Waals surface area contributed by atoms with Crippen molar-refractivity contribution in [2.24, 2.45) is 0 Å². The number of hydrogen-bond acceptors (Lipinski definition) is 5. The summed E-state index contributed by atoms with van der Waals surface area (Å²) in [5.74, 6) is -0.368. The van der Waals surface area contributed by atoms with Gasteiger partial charge in [0.2, 0.25) is 0 Å². The predicted molar refractivity (Wildman–Crippen MR) is 91.1 cm³/mol. The van der Waals surface area contributed by atoms with Crippen LogP contribution in [0.4, 0.5) is 8.78 Å². The quantitative estimate of drug-likeness (QED) is 0.587. The van der Waals surface area contributed by atoms with Crippen LogP contribution < -0.4 is 4.74 Å². The largest absolute Gasteiger partial charge is 0.493 e. The van der Waals surface area contributed by atoms with Gasteiger partial charge in [0.05, 0.1) is 23.6 Å². The maximum Gasteiger partial charge on any atom is 0.173 e. The zero-order valence-corrected chi connectivity index (χ0v) is 15.2. The first-order valence-electron chi connectivity index (χ1n) is 8.35. The van der Waals surface area contributed by atoms with Gasteiger partial charge in [0.25, 0.3) is 0 Å². The number of halogens is 2. The van der Waals surface area contributed by atoms with Gasteiger partial charge in [-0.15, -0.1) is 0 Å². The van der Waals surface area contributed by atoms with Gasteiger partial charge in [0.1, 0.15) is 23.1 Å². The Labute approximate surface area is 149 Å². The molecule has 3 rings (SSSR count). The van der Waals surface area contributed by atoms with Gasteiger partial charge in [-0.2, -0.15) is 0 Å². The molecule has 0 atom stereocenters. The fraction of sp³-hybridized carbons (Fsp3) is 0.368. The van der Waals surface area contributed by atoms with Gasteiger partial charge in [-0.3, -0.25) is 0 Å². The van der Waals surface area contributed by atoms with E-state index >= 15 is 0 Å². The maximum atomic E-state index is 14.7. The Morgan fingerprint density at radius 2 is 1.54 bits per heavy atom. The SMILES string of the molecule is Cc1cc(CCCOc2c(C)c(F)c(-c3cc(C)no3)c(F)c2C)on1. The minimum absolute atomic E-state index is 0.0657. The highest BCUT2D eigenvalue weighted by molar-refractivity contribution is 5.65. The Balaban J connectivity index is 1.77. The molecule has 0 aliphatic rings. The lowest BCUT2D eigenvalue weighted by Gasteiger charge is -2.15. The van der Waals surface area contributed by atoms with Crippen LogP contribution in [0.2, 0.25) is 0 Å². The van der Waals surface area contributed by atoms with Gasteiger partial charge in [-0.25, -0.2) is 8.78 Å². The van der Waals surface area contributed by atoms with Crippen molar-refractivity contribution in [2.75, 3.05) is 6.61 Å². The first kappa shape index (κ1) is 18.1. The Bertz CT molecular complexity index is 902. The van der Waals surface area contributed by atoms with Crippen LogP contribution in [0.15, 0.2) is 21.2 Å². The minimum atomic E-state index is -0.704. The molecule has 1 aromatic carbocycles. The average Bonchev–Trinajstić information content (AvgIpc) is 3.21. The minimum Gasteiger partial charge on any atom is -0.493 e. The van der Waals surface area contributed by atoms with Crippen LogP contribution in [-0.2, 0) is 6.42 Å². The van der Waals surface area contributed by atoms with Gasteiger partial charge in [-0.05, 0) is 34.1 Å². The molecule has 138 valence electrons. The predicted octanol–water partition coefficient (Wildman–Crippen LogP) is 4.85. The third-order valence-corrected chi connectivity index (χ3v) is 4.14. The molecule has 0 aliphatic heterocycles. The van der Waals surface area contributed by atoms with Crippen LogP contribution in [0.1, 0.15) is 34.7 Å². The first-order chi connectivity index (χ1) is 12.4. The van der Waals surface area contributed by atoms with E-state index in [0.29, 0.717) is 25.1 Å². The Hall–Kier alpha value is -2.70. The molecule has 0 amide bonds. The first-order valence-corrected chi connectivity index (χ1v) is 8.35. The van der Waals surface area contributed by atoms with Crippen molar-refractivity contribution in [3.8, 4) is 17.1 Å². The molecular weight excluding hydrogens is 342 g/mol. The monoisotopic (exact) mass is 362 g/mol. The van der Waals surface area contributed by atoms with Crippen LogP contribution in [0, 0.1) is 39.3 Å². The summed E-state index contributed by atoms with van der Waals surface area (Å²) in [6.07, 6.45) is 1.28. The molecule has 0 radical (unpaired) electrons. The van der Waals surface area contributed by atoms with E-state index in [2.05, 4.69) is 10.3 Å². The Morgan fingerprint density at radius 3 is 2.08 bits per heavy atom. The second kappa shape index (κ2) is 7.27. The van der Waals surface area contributed by atoms with E-state index in [0.717, 1.165) is 11.5 Å². The van der Waals surface area contributed by atoms with Crippen LogP contribution in [0.5, 0.6) is 5.75 Å². The van der Waals surface area contributed by atoms with E-state index < -0.39 is 11.6 Å². The molecule has 3 aromatic rings. The van der Waals surface area contributed by atoms with Gasteiger partial charge in [0.15, 0.2) is 5.76 Å². The fourth-order valence-corrected chi connectivity index (χ4v) is 2.82. The van der Waals surface area contributed by atoms with Crippen LogP contribution in [-0.4, -0.2) is 16.9 Å². The molecule has 2 aromatic heterocycles. The van der Waals surface area contributed by atoms with E-state index in [9.17, 15) is 8.78 Å². The summed E-state index contributed by atoms with van der Waals surface area (Å²) < 4.78 is 45.3. The lowest BCUT2D eigenvalue weighted by molar-refractivity contribution is 0.293. The normalized spacial score (nSPS) is 11.2. The second-order valence-corrected chi connectivity index (χ2v) is 6.30. The number of ether oxygens (including phenoxy) is 1. The molecule has 2 heterocycles. The van der Waals surface area contributed by atoms with E-state index in [1.165, 1.54) is 6.07 Å². The van der Waals surface area contributed by atoms with E-state index in [-0.39, 0.29) is 28.2 Å². The molecule has 0 saturated carbocycles. The van der Waals surface area contributed by atoms with E-state index in [1.54, 1.807) is 20.8 Å². The summed E-state index contributed by atoms with van der Waals surface area (Å²) in [6, 6.07) is 3.35. The molecule has 0 bridgehead atoms. The summed E-state index contributed by atoms with van der Waals surface area (Å²) in [5.41, 5.74) is 1.63. The summed E-state index contributed by atoms with van der Waals surface area (Å²) in [5, 5.41) is 7.51. The van der Waals surface area contributed by atoms with Crippen molar-refractivity contribution in [3.63, 3.8) is 0 Å². The average molecular weight is 362 g/mol. The number of aromatic nitrogens is 2. The zero-order valence-electron chi connectivity index (χ0n) is 15.2. The van der Waals surface area contributed by atoms with Crippen molar-refractivity contribution in [1.82, 2.24) is 10.3 Å². The topological polar surface area (TPSA) is 61.3 Å². The lowest BCUT2D eigenvalue weighted by Crippen LogP contribution is -2.06. The van der Waals surface area contributed by atoms with Crippen LogP contribution in [0.25, 0.3) is 11.3 Å². The van der Waals surface area contributed by atoms with Crippen molar-refractivity contribution < 1.29 is 22.6 Å². The second-order valence-electron chi connectivity index (χ2n) is 6.30. The van der Waals surface area contributed by atoms with Gasteiger partial charge >= 0.3 is 0 Å². The summed E-state index contributed by atoms with van der Waals surface area (Å²) >= 11 is 0. The van der Waals surface area contributed by atoms with Gasteiger partial charge in [0, 0.05) is 29.7 Å². The van der Waals surface area contributed by atoms with Crippen molar-refractivity contribution >= 4 is 0 Å². The third kappa shape index (κ3) is 3.47. The molecule has 5 nitrogen and oxygen atoms in total.